The second kappa shape index (κ2) is 7.98. The van der Waals surface area contributed by atoms with Gasteiger partial charge in [0.2, 0.25) is 10.0 Å². The van der Waals surface area contributed by atoms with E-state index in [2.05, 4.69) is 10.0 Å². The largest absolute Gasteiger partial charge is 0.491 e. The lowest BCUT2D eigenvalue weighted by molar-refractivity contribution is 0.242. The lowest BCUT2D eigenvalue weighted by Crippen LogP contribution is -2.37. The van der Waals surface area contributed by atoms with Crippen LogP contribution in [0.5, 0.6) is 5.75 Å². The highest BCUT2D eigenvalue weighted by Gasteiger charge is 2.19. The second-order valence-corrected chi connectivity index (χ2v) is 7.05. The molecule has 120 valence electrons. The van der Waals surface area contributed by atoms with Gasteiger partial charge in [-0.1, -0.05) is 0 Å². The van der Waals surface area contributed by atoms with E-state index in [-0.39, 0.29) is 29.4 Å². The third-order valence-electron chi connectivity index (χ3n) is 3.19. The Bertz CT molecular complexity index is 526. The molecule has 1 aromatic rings. The van der Waals surface area contributed by atoms with Crippen LogP contribution in [0.15, 0.2) is 29.2 Å². The molecule has 2 rings (SSSR count). The molecule has 1 aromatic carbocycles. The molecule has 0 aliphatic carbocycles. The number of rotatable bonds is 6. The minimum Gasteiger partial charge on any atom is -0.491 e. The van der Waals surface area contributed by atoms with Crippen LogP contribution < -0.4 is 14.8 Å². The number of halogens is 1. The Morgan fingerprint density at radius 3 is 2.52 bits per heavy atom. The topological polar surface area (TPSA) is 67.4 Å². The van der Waals surface area contributed by atoms with Crippen molar-refractivity contribution >= 4 is 22.4 Å². The van der Waals surface area contributed by atoms with Crippen molar-refractivity contribution in [2.75, 3.05) is 13.1 Å². The number of hydrogen-bond acceptors (Lipinski definition) is 4. The molecular weight excluding hydrogens is 312 g/mol. The van der Waals surface area contributed by atoms with E-state index < -0.39 is 10.0 Å². The van der Waals surface area contributed by atoms with Crippen LogP contribution in [0, 0.1) is 0 Å². The molecule has 0 radical (unpaired) electrons. The van der Waals surface area contributed by atoms with Crippen molar-refractivity contribution in [3.8, 4) is 5.75 Å². The van der Waals surface area contributed by atoms with Crippen molar-refractivity contribution < 1.29 is 13.2 Å². The molecule has 1 saturated heterocycles. The van der Waals surface area contributed by atoms with Crippen molar-refractivity contribution in [2.45, 2.75) is 43.7 Å². The van der Waals surface area contributed by atoms with Crippen molar-refractivity contribution in [1.29, 1.82) is 0 Å². The van der Waals surface area contributed by atoms with E-state index in [0.29, 0.717) is 12.3 Å². The van der Waals surface area contributed by atoms with Crippen LogP contribution in [0.2, 0.25) is 0 Å². The predicted molar refractivity (Wildman–Crippen MR) is 85.7 cm³/mol. The molecule has 0 bridgehead atoms. The summed E-state index contributed by atoms with van der Waals surface area (Å²) in [5, 5.41) is 3.26. The zero-order valence-corrected chi connectivity index (χ0v) is 14.0. The molecule has 2 N–H and O–H groups in total. The van der Waals surface area contributed by atoms with Crippen LogP contribution in [-0.2, 0) is 10.0 Å². The molecule has 5 nitrogen and oxygen atoms in total. The quantitative estimate of drug-likeness (QED) is 0.834. The maximum Gasteiger partial charge on any atom is 0.240 e. The average molecular weight is 335 g/mol. The number of nitrogens with one attached hydrogen (secondary N) is 2. The van der Waals surface area contributed by atoms with Gasteiger partial charge in [-0.2, -0.15) is 0 Å². The van der Waals surface area contributed by atoms with Gasteiger partial charge in [0.15, 0.2) is 0 Å². The SMILES string of the molecule is CC(C)Oc1ccc(S(=O)(=O)NCC2CCCN2)cc1.Cl. The van der Waals surface area contributed by atoms with Crippen LogP contribution in [0.4, 0.5) is 0 Å². The summed E-state index contributed by atoms with van der Waals surface area (Å²) >= 11 is 0. The highest BCUT2D eigenvalue weighted by molar-refractivity contribution is 7.89. The molecule has 0 saturated carbocycles. The summed E-state index contributed by atoms with van der Waals surface area (Å²) in [5.74, 6) is 0.677. The highest BCUT2D eigenvalue weighted by atomic mass is 35.5. The summed E-state index contributed by atoms with van der Waals surface area (Å²) in [6, 6.07) is 6.75. The molecule has 21 heavy (non-hydrogen) atoms. The molecule has 1 atom stereocenters. The maximum atomic E-state index is 12.1. The Morgan fingerprint density at radius 2 is 2.00 bits per heavy atom. The van der Waals surface area contributed by atoms with Crippen LogP contribution >= 0.6 is 12.4 Å². The zero-order chi connectivity index (χ0) is 14.6. The molecule has 1 unspecified atom stereocenters. The number of ether oxygens (including phenoxy) is 1. The number of sulfonamides is 1. The second-order valence-electron chi connectivity index (χ2n) is 5.28. The van der Waals surface area contributed by atoms with Crippen LogP contribution in [0.1, 0.15) is 26.7 Å². The van der Waals surface area contributed by atoms with Crippen LogP contribution in [0.25, 0.3) is 0 Å². The lowest BCUT2D eigenvalue weighted by Gasteiger charge is -2.13. The highest BCUT2D eigenvalue weighted by Crippen LogP contribution is 2.17. The monoisotopic (exact) mass is 334 g/mol. The Labute approximate surface area is 132 Å². The van der Waals surface area contributed by atoms with Crippen LogP contribution in [-0.4, -0.2) is 33.7 Å². The van der Waals surface area contributed by atoms with Gasteiger partial charge in [0.1, 0.15) is 5.75 Å². The van der Waals surface area contributed by atoms with Crippen molar-refractivity contribution in [3.63, 3.8) is 0 Å². The molecule has 0 spiro atoms. The molecule has 1 aliphatic heterocycles. The first kappa shape index (κ1) is 18.2. The van der Waals surface area contributed by atoms with Gasteiger partial charge >= 0.3 is 0 Å². The van der Waals surface area contributed by atoms with Crippen molar-refractivity contribution in [3.05, 3.63) is 24.3 Å². The summed E-state index contributed by atoms with van der Waals surface area (Å²) in [7, 11) is -3.44. The summed E-state index contributed by atoms with van der Waals surface area (Å²) < 4.78 is 32.4. The first-order valence-electron chi connectivity index (χ1n) is 6.97. The average Bonchev–Trinajstić information content (AvgIpc) is 2.89. The molecule has 7 heteroatoms. The van der Waals surface area contributed by atoms with E-state index in [1.807, 2.05) is 13.8 Å². The van der Waals surface area contributed by atoms with E-state index in [4.69, 9.17) is 4.74 Å². The first-order chi connectivity index (χ1) is 9.47. The molecule has 0 aromatic heterocycles. The molecule has 1 aliphatic rings. The van der Waals surface area contributed by atoms with Gasteiger partial charge in [0.05, 0.1) is 11.0 Å². The fourth-order valence-corrected chi connectivity index (χ4v) is 3.28. The maximum absolute atomic E-state index is 12.1. The van der Waals surface area contributed by atoms with Gasteiger partial charge in [-0.15, -0.1) is 12.4 Å². The van der Waals surface area contributed by atoms with E-state index in [1.54, 1.807) is 24.3 Å². The Balaban J connectivity index is 0.00000220. The summed E-state index contributed by atoms with van der Waals surface area (Å²) in [6.07, 6.45) is 2.20. The van der Waals surface area contributed by atoms with E-state index >= 15 is 0 Å². The normalized spacial score (nSPS) is 18.5. The molecule has 1 heterocycles. The summed E-state index contributed by atoms with van der Waals surface area (Å²) in [5.41, 5.74) is 0. The zero-order valence-electron chi connectivity index (χ0n) is 12.3. The minimum atomic E-state index is -3.44. The number of hydrogen-bond donors (Lipinski definition) is 2. The summed E-state index contributed by atoms with van der Waals surface area (Å²) in [4.78, 5) is 0.270. The summed E-state index contributed by atoms with van der Waals surface area (Å²) in [6.45, 7) is 5.27. The van der Waals surface area contributed by atoms with Gasteiger partial charge < -0.3 is 10.1 Å². The van der Waals surface area contributed by atoms with E-state index in [0.717, 1.165) is 19.4 Å². The van der Waals surface area contributed by atoms with Gasteiger partial charge in [0.25, 0.3) is 0 Å². The Morgan fingerprint density at radius 1 is 1.33 bits per heavy atom. The molecule has 1 fully saturated rings. The fraction of sp³-hybridized carbons (Fsp3) is 0.571. The lowest BCUT2D eigenvalue weighted by atomic mass is 10.2. The van der Waals surface area contributed by atoms with Gasteiger partial charge in [0, 0.05) is 12.6 Å². The smallest absolute Gasteiger partial charge is 0.240 e. The minimum absolute atomic E-state index is 0. The first-order valence-corrected chi connectivity index (χ1v) is 8.45. The molecule has 0 amide bonds. The van der Waals surface area contributed by atoms with Gasteiger partial charge in [-0.3, -0.25) is 0 Å². The number of benzene rings is 1. The van der Waals surface area contributed by atoms with E-state index in [9.17, 15) is 8.42 Å². The van der Waals surface area contributed by atoms with Crippen molar-refractivity contribution in [2.24, 2.45) is 0 Å². The van der Waals surface area contributed by atoms with E-state index in [1.165, 1.54) is 0 Å². The van der Waals surface area contributed by atoms with Crippen LogP contribution in [0.3, 0.4) is 0 Å². The molecular formula is C14H23ClN2O3S. The third-order valence-corrected chi connectivity index (χ3v) is 4.63. The predicted octanol–water partition coefficient (Wildman–Crippen LogP) is 1.93. The van der Waals surface area contributed by atoms with Crippen molar-refractivity contribution in [1.82, 2.24) is 10.0 Å². The van der Waals surface area contributed by atoms with Gasteiger partial charge in [-0.05, 0) is 57.5 Å². The Hall–Kier alpha value is -0.820. The van der Waals surface area contributed by atoms with Gasteiger partial charge in [-0.25, -0.2) is 13.1 Å². The standard InChI is InChI=1S/C14H22N2O3S.ClH/c1-11(2)19-13-5-7-14(8-6-13)20(17,18)16-10-12-4-3-9-15-12;/h5-8,11-12,15-16H,3-4,9-10H2,1-2H3;1H. The Kier molecular flexibility index (Phi) is 6.93. The fourth-order valence-electron chi connectivity index (χ4n) is 2.19. The third kappa shape index (κ3) is 5.47.